The summed E-state index contributed by atoms with van der Waals surface area (Å²) in [5, 5.41) is 7.96. The summed E-state index contributed by atoms with van der Waals surface area (Å²) in [6.45, 7) is 0. The number of benzene rings is 1. The monoisotopic (exact) mass is 239 g/mol. The van der Waals surface area contributed by atoms with E-state index in [1.54, 1.807) is 6.08 Å². The Kier molecular flexibility index (Phi) is 7.36. The second-order valence-corrected chi connectivity index (χ2v) is 2.17. The van der Waals surface area contributed by atoms with Gasteiger partial charge in [-0.05, 0) is 18.1 Å². The molecule has 1 rings (SSSR count). The van der Waals surface area contributed by atoms with Gasteiger partial charge in [-0.15, -0.1) is 0 Å². The Labute approximate surface area is 97.1 Å². The Morgan fingerprint density at radius 2 is 1.92 bits per heavy atom. The van der Waals surface area contributed by atoms with Gasteiger partial charge in [0.1, 0.15) is 6.26 Å². The Hall–Kier alpha value is -0.176. The van der Waals surface area contributed by atoms with E-state index in [4.69, 9.17) is 5.26 Å². The molecule has 0 bridgehead atoms. The maximum absolute atomic E-state index is 7.96. The summed E-state index contributed by atoms with van der Waals surface area (Å²) < 4.78 is 0. The van der Waals surface area contributed by atoms with Gasteiger partial charge in [-0.2, -0.15) is 0 Å². The summed E-state index contributed by atoms with van der Waals surface area (Å²) in [4.78, 5) is 3.78. The summed E-state index contributed by atoms with van der Waals surface area (Å²) in [5.74, 6) is 0. The third kappa shape index (κ3) is 4.65. The molecule has 0 aliphatic rings. The standard InChI is InChI=1S/C9H10O2.Y/c10-11-8-4-7-9-5-2-1-3-6-9;/h1-6,8,10H,7H2;/b8-4+;. The molecule has 2 nitrogen and oxygen atoms in total. The van der Waals surface area contributed by atoms with E-state index in [0.29, 0.717) is 0 Å². The van der Waals surface area contributed by atoms with Crippen LogP contribution in [0.3, 0.4) is 0 Å². The van der Waals surface area contributed by atoms with Crippen LogP contribution in [0.4, 0.5) is 0 Å². The van der Waals surface area contributed by atoms with Crippen molar-refractivity contribution in [2.75, 3.05) is 0 Å². The van der Waals surface area contributed by atoms with Crippen molar-refractivity contribution in [3.8, 4) is 0 Å². The summed E-state index contributed by atoms with van der Waals surface area (Å²) in [6.07, 6.45) is 3.78. The average Bonchev–Trinajstić information content (AvgIpc) is 2.07. The predicted octanol–water partition coefficient (Wildman–Crippen LogP) is 2.23. The van der Waals surface area contributed by atoms with E-state index in [-0.39, 0.29) is 32.7 Å². The van der Waals surface area contributed by atoms with E-state index in [9.17, 15) is 0 Å². The van der Waals surface area contributed by atoms with Crippen LogP contribution in [0.25, 0.3) is 0 Å². The molecule has 1 aromatic rings. The average molecular weight is 239 g/mol. The molecular weight excluding hydrogens is 229 g/mol. The number of hydrogen-bond acceptors (Lipinski definition) is 2. The van der Waals surface area contributed by atoms with Crippen LogP contribution < -0.4 is 0 Å². The molecule has 1 aromatic carbocycles. The third-order valence-corrected chi connectivity index (χ3v) is 1.35. The predicted molar refractivity (Wildman–Crippen MR) is 43.0 cm³/mol. The van der Waals surface area contributed by atoms with E-state index in [2.05, 4.69) is 4.89 Å². The van der Waals surface area contributed by atoms with Crippen LogP contribution in [0.2, 0.25) is 0 Å². The van der Waals surface area contributed by atoms with Gasteiger partial charge in [0.05, 0.1) is 0 Å². The molecule has 0 atom stereocenters. The zero-order valence-electron chi connectivity index (χ0n) is 6.68. The van der Waals surface area contributed by atoms with Gasteiger partial charge in [0.25, 0.3) is 0 Å². The van der Waals surface area contributed by atoms with Crippen LogP contribution in [0.5, 0.6) is 0 Å². The quantitative estimate of drug-likeness (QED) is 0.498. The minimum absolute atomic E-state index is 0. The molecule has 0 unspecified atom stereocenters. The Balaban J connectivity index is 0.00000121. The fourth-order valence-electron chi connectivity index (χ4n) is 0.841. The van der Waals surface area contributed by atoms with Crippen LogP contribution in [-0.4, -0.2) is 5.26 Å². The molecule has 1 N–H and O–H groups in total. The maximum Gasteiger partial charge on any atom is 0.125 e. The topological polar surface area (TPSA) is 29.5 Å². The Morgan fingerprint density at radius 3 is 2.50 bits per heavy atom. The van der Waals surface area contributed by atoms with E-state index in [1.807, 2.05) is 30.3 Å². The van der Waals surface area contributed by atoms with Crippen molar-refractivity contribution in [1.82, 2.24) is 0 Å². The van der Waals surface area contributed by atoms with E-state index >= 15 is 0 Å². The van der Waals surface area contributed by atoms with Gasteiger partial charge in [-0.3, -0.25) is 0 Å². The molecule has 0 fully saturated rings. The molecule has 1 radical (unpaired) electrons. The summed E-state index contributed by atoms with van der Waals surface area (Å²) in [5.41, 5.74) is 1.20. The van der Waals surface area contributed by atoms with Gasteiger partial charge in [0.15, 0.2) is 0 Å². The number of allylic oxidation sites excluding steroid dienone is 1. The zero-order valence-corrected chi connectivity index (χ0v) is 9.52. The van der Waals surface area contributed by atoms with Crippen molar-refractivity contribution in [1.29, 1.82) is 0 Å². The molecular formula is C9H10O2Y. The Bertz CT molecular complexity index is 221. The van der Waals surface area contributed by atoms with Crippen LogP contribution in [0.1, 0.15) is 5.56 Å². The van der Waals surface area contributed by atoms with Crippen molar-refractivity contribution >= 4 is 0 Å². The van der Waals surface area contributed by atoms with E-state index < -0.39 is 0 Å². The molecule has 0 aromatic heterocycles. The minimum Gasteiger partial charge on any atom is -0.349 e. The largest absolute Gasteiger partial charge is 0.349 e. The minimum atomic E-state index is 0. The molecule has 0 saturated carbocycles. The normalized spacial score (nSPS) is 9.42. The van der Waals surface area contributed by atoms with Gasteiger partial charge >= 0.3 is 0 Å². The van der Waals surface area contributed by atoms with Gasteiger partial charge < -0.3 is 4.89 Å². The summed E-state index contributed by atoms with van der Waals surface area (Å²) in [7, 11) is 0. The van der Waals surface area contributed by atoms with Crippen molar-refractivity contribution < 1.29 is 42.9 Å². The molecule has 0 aliphatic heterocycles. The Morgan fingerprint density at radius 1 is 1.25 bits per heavy atom. The third-order valence-electron chi connectivity index (χ3n) is 1.35. The molecule has 3 heteroatoms. The van der Waals surface area contributed by atoms with Crippen LogP contribution in [0, 0.1) is 0 Å². The van der Waals surface area contributed by atoms with Crippen molar-refractivity contribution in [2.45, 2.75) is 6.42 Å². The van der Waals surface area contributed by atoms with Crippen molar-refractivity contribution in [2.24, 2.45) is 0 Å². The first-order chi connectivity index (χ1) is 5.43. The van der Waals surface area contributed by atoms with Crippen molar-refractivity contribution in [3.05, 3.63) is 48.2 Å². The summed E-state index contributed by atoms with van der Waals surface area (Å²) in [6, 6.07) is 9.95. The SMILES string of the molecule is OO/C=C/Cc1ccccc1.[Y]. The molecule has 0 heterocycles. The number of rotatable bonds is 3. The maximum atomic E-state index is 7.96. The van der Waals surface area contributed by atoms with Gasteiger partial charge in [0.2, 0.25) is 0 Å². The first-order valence-corrected chi connectivity index (χ1v) is 3.42. The van der Waals surface area contributed by atoms with E-state index in [0.717, 1.165) is 6.42 Å². The molecule has 0 saturated heterocycles. The van der Waals surface area contributed by atoms with Crippen molar-refractivity contribution in [3.63, 3.8) is 0 Å². The van der Waals surface area contributed by atoms with Crippen LogP contribution in [0.15, 0.2) is 42.7 Å². The molecule has 0 aliphatic carbocycles. The molecule has 0 spiro atoms. The first-order valence-electron chi connectivity index (χ1n) is 3.42. The molecule has 12 heavy (non-hydrogen) atoms. The smallest absolute Gasteiger partial charge is 0.125 e. The van der Waals surface area contributed by atoms with E-state index in [1.165, 1.54) is 11.8 Å². The van der Waals surface area contributed by atoms with Crippen LogP contribution >= 0.6 is 0 Å². The summed E-state index contributed by atoms with van der Waals surface area (Å²) >= 11 is 0. The van der Waals surface area contributed by atoms with Gasteiger partial charge in [-0.25, -0.2) is 5.26 Å². The fourth-order valence-corrected chi connectivity index (χ4v) is 0.841. The second-order valence-electron chi connectivity index (χ2n) is 2.17. The van der Waals surface area contributed by atoms with Gasteiger partial charge in [0, 0.05) is 32.7 Å². The first kappa shape index (κ1) is 11.8. The zero-order chi connectivity index (χ0) is 7.94. The molecule has 0 amide bonds. The van der Waals surface area contributed by atoms with Gasteiger partial charge in [-0.1, -0.05) is 30.3 Å². The molecule has 61 valence electrons. The second kappa shape index (κ2) is 7.47. The van der Waals surface area contributed by atoms with Crippen LogP contribution in [-0.2, 0) is 44.0 Å². The fraction of sp³-hybridized carbons (Fsp3) is 0.111. The number of hydrogen-bond donors (Lipinski definition) is 1.